The molecule has 0 saturated carbocycles. The fraction of sp³-hybridized carbons (Fsp3) is 0.231. The van der Waals surface area contributed by atoms with Crippen LogP contribution in [-0.4, -0.2) is 24.2 Å². The molecule has 0 bridgehead atoms. The van der Waals surface area contributed by atoms with E-state index < -0.39 is 0 Å². The summed E-state index contributed by atoms with van der Waals surface area (Å²) < 4.78 is 11.2. The minimum atomic E-state index is 0.296. The predicted molar refractivity (Wildman–Crippen MR) is 81.7 cm³/mol. The molecule has 20 heavy (non-hydrogen) atoms. The number of hydrogen-bond donors (Lipinski definition) is 1. The van der Waals surface area contributed by atoms with Crippen LogP contribution in [-0.2, 0) is 11.3 Å². The van der Waals surface area contributed by atoms with Gasteiger partial charge in [0.15, 0.2) is 5.82 Å². The van der Waals surface area contributed by atoms with Crippen LogP contribution in [0.1, 0.15) is 5.82 Å². The van der Waals surface area contributed by atoms with E-state index in [0.717, 1.165) is 10.2 Å². The molecule has 5 nitrogen and oxygen atoms in total. The molecule has 0 unspecified atom stereocenters. The number of methoxy groups -OCH3 is 2. The zero-order valence-corrected chi connectivity index (χ0v) is 13.3. The van der Waals surface area contributed by atoms with E-state index in [0.29, 0.717) is 29.2 Å². The monoisotopic (exact) mass is 357 g/mol. The Hall–Kier alpha value is -1.37. The zero-order chi connectivity index (χ0) is 14.5. The van der Waals surface area contributed by atoms with Crippen molar-refractivity contribution < 1.29 is 9.47 Å². The van der Waals surface area contributed by atoms with E-state index >= 15 is 0 Å². The second kappa shape index (κ2) is 6.88. The summed E-state index contributed by atoms with van der Waals surface area (Å²) in [6, 6.07) is 7.28. The van der Waals surface area contributed by atoms with E-state index in [1.165, 1.54) is 0 Å². The molecule has 2 rings (SSSR count). The first-order chi connectivity index (χ1) is 9.62. The third-order valence-corrected chi connectivity index (χ3v) is 3.13. The topological polar surface area (TPSA) is 56.3 Å². The van der Waals surface area contributed by atoms with Gasteiger partial charge in [0.25, 0.3) is 0 Å². The van der Waals surface area contributed by atoms with Crippen LogP contribution in [0, 0.1) is 0 Å². The highest BCUT2D eigenvalue weighted by molar-refractivity contribution is 9.10. The number of halogens is 2. The van der Waals surface area contributed by atoms with E-state index in [1.54, 1.807) is 20.3 Å². The van der Waals surface area contributed by atoms with Gasteiger partial charge in [-0.3, -0.25) is 0 Å². The molecule has 0 saturated heterocycles. The van der Waals surface area contributed by atoms with Crippen LogP contribution in [0.25, 0.3) is 0 Å². The van der Waals surface area contributed by atoms with Gasteiger partial charge in [-0.25, -0.2) is 9.97 Å². The van der Waals surface area contributed by atoms with E-state index in [1.807, 2.05) is 18.2 Å². The predicted octanol–water partition coefficient (Wildman–Crippen LogP) is 3.79. The van der Waals surface area contributed by atoms with Crippen LogP contribution in [0.5, 0.6) is 5.75 Å². The second-order valence-corrected chi connectivity index (χ2v) is 5.20. The molecule has 1 heterocycles. The Morgan fingerprint density at radius 2 is 2.05 bits per heavy atom. The molecule has 0 aliphatic rings. The van der Waals surface area contributed by atoms with Crippen LogP contribution in [0.3, 0.4) is 0 Å². The van der Waals surface area contributed by atoms with Crippen molar-refractivity contribution in [2.45, 2.75) is 6.61 Å². The molecule has 0 aliphatic heterocycles. The lowest BCUT2D eigenvalue weighted by Gasteiger charge is -2.12. The summed E-state index contributed by atoms with van der Waals surface area (Å²) in [7, 11) is 3.19. The fourth-order valence-corrected chi connectivity index (χ4v) is 2.20. The summed E-state index contributed by atoms with van der Waals surface area (Å²) in [6.07, 6.45) is 0. The summed E-state index contributed by atoms with van der Waals surface area (Å²) in [4.78, 5) is 8.40. The van der Waals surface area contributed by atoms with Crippen LogP contribution >= 0.6 is 27.5 Å². The first-order valence-electron chi connectivity index (χ1n) is 5.75. The average molecular weight is 359 g/mol. The van der Waals surface area contributed by atoms with Crippen LogP contribution < -0.4 is 10.1 Å². The van der Waals surface area contributed by atoms with Gasteiger partial charge >= 0.3 is 0 Å². The highest BCUT2D eigenvalue weighted by Crippen LogP contribution is 2.30. The molecular formula is C13H13BrClN3O2. The maximum atomic E-state index is 5.97. The Morgan fingerprint density at radius 3 is 2.75 bits per heavy atom. The van der Waals surface area contributed by atoms with Crippen molar-refractivity contribution in [2.24, 2.45) is 0 Å². The first-order valence-corrected chi connectivity index (χ1v) is 6.92. The molecule has 1 N–H and O–H groups in total. The number of aromatic nitrogens is 2. The van der Waals surface area contributed by atoms with Crippen LogP contribution in [0.4, 0.5) is 11.5 Å². The number of nitrogens with zero attached hydrogens (tertiary/aromatic N) is 2. The third kappa shape index (κ3) is 3.82. The normalized spacial score (nSPS) is 10.4. The van der Waals surface area contributed by atoms with Gasteiger partial charge in [0.05, 0.1) is 12.8 Å². The minimum Gasteiger partial charge on any atom is -0.495 e. The lowest BCUT2D eigenvalue weighted by molar-refractivity contribution is 0.178. The molecule has 0 fully saturated rings. The van der Waals surface area contributed by atoms with Crippen molar-refractivity contribution in [3.8, 4) is 5.75 Å². The molecule has 0 atom stereocenters. The number of hydrogen-bond acceptors (Lipinski definition) is 5. The highest BCUT2D eigenvalue weighted by atomic mass is 79.9. The number of ether oxygens (including phenoxy) is 2. The van der Waals surface area contributed by atoms with Gasteiger partial charge in [0, 0.05) is 17.6 Å². The van der Waals surface area contributed by atoms with Crippen LogP contribution in [0.2, 0.25) is 5.15 Å². The molecular weight excluding hydrogens is 346 g/mol. The Morgan fingerprint density at radius 1 is 1.25 bits per heavy atom. The molecule has 0 aliphatic carbocycles. The Bertz CT molecular complexity index is 610. The third-order valence-electron chi connectivity index (χ3n) is 2.44. The van der Waals surface area contributed by atoms with Crippen LogP contribution in [0.15, 0.2) is 28.7 Å². The van der Waals surface area contributed by atoms with E-state index in [4.69, 9.17) is 21.1 Å². The van der Waals surface area contributed by atoms with Crippen molar-refractivity contribution in [3.05, 3.63) is 39.7 Å². The molecule has 7 heteroatoms. The van der Waals surface area contributed by atoms with Gasteiger partial charge in [-0.15, -0.1) is 0 Å². The molecule has 2 aromatic rings. The minimum absolute atomic E-state index is 0.296. The summed E-state index contributed by atoms with van der Waals surface area (Å²) in [5, 5.41) is 3.51. The summed E-state index contributed by atoms with van der Waals surface area (Å²) in [5.41, 5.74) is 0.778. The quantitative estimate of drug-likeness (QED) is 0.824. The van der Waals surface area contributed by atoms with Gasteiger partial charge in [-0.1, -0.05) is 27.5 Å². The molecule has 0 radical (unpaired) electrons. The van der Waals surface area contributed by atoms with Crippen molar-refractivity contribution in [3.63, 3.8) is 0 Å². The molecule has 0 amide bonds. The summed E-state index contributed by atoms with van der Waals surface area (Å²) >= 11 is 9.39. The summed E-state index contributed by atoms with van der Waals surface area (Å²) in [5.74, 6) is 1.79. The van der Waals surface area contributed by atoms with E-state index in [2.05, 4.69) is 31.2 Å². The van der Waals surface area contributed by atoms with Gasteiger partial charge in [0.1, 0.15) is 23.3 Å². The molecule has 106 valence electrons. The van der Waals surface area contributed by atoms with Crippen molar-refractivity contribution >= 4 is 39.0 Å². The van der Waals surface area contributed by atoms with Gasteiger partial charge in [0.2, 0.25) is 0 Å². The Balaban J connectivity index is 2.31. The molecule has 1 aromatic carbocycles. The second-order valence-electron chi connectivity index (χ2n) is 3.89. The van der Waals surface area contributed by atoms with Crippen molar-refractivity contribution in [2.75, 3.05) is 19.5 Å². The largest absolute Gasteiger partial charge is 0.495 e. The van der Waals surface area contributed by atoms with Crippen molar-refractivity contribution in [1.82, 2.24) is 9.97 Å². The van der Waals surface area contributed by atoms with Crippen molar-refractivity contribution in [1.29, 1.82) is 0 Å². The summed E-state index contributed by atoms with van der Waals surface area (Å²) in [6.45, 7) is 0.296. The fourth-order valence-electron chi connectivity index (χ4n) is 1.64. The Kier molecular flexibility index (Phi) is 5.17. The SMILES string of the molecule is COCc1nc(Cl)cc(Nc2cc(Br)ccc2OC)n1. The highest BCUT2D eigenvalue weighted by Gasteiger charge is 2.08. The molecule has 1 aromatic heterocycles. The van der Waals surface area contributed by atoms with Gasteiger partial charge < -0.3 is 14.8 Å². The van der Waals surface area contributed by atoms with Gasteiger partial charge in [-0.05, 0) is 18.2 Å². The lowest BCUT2D eigenvalue weighted by atomic mass is 10.3. The number of rotatable bonds is 5. The number of benzene rings is 1. The maximum Gasteiger partial charge on any atom is 0.158 e. The standard InChI is InChI=1S/C13H13BrClN3O2/c1-19-7-13-17-11(15)6-12(18-13)16-9-5-8(14)3-4-10(9)20-2/h3-6H,7H2,1-2H3,(H,16,17,18). The zero-order valence-electron chi connectivity index (χ0n) is 11.0. The number of anilines is 2. The molecule has 0 spiro atoms. The van der Waals surface area contributed by atoms with Gasteiger partial charge in [-0.2, -0.15) is 0 Å². The number of nitrogens with one attached hydrogen (secondary N) is 1. The first kappa shape index (κ1) is 15.0. The average Bonchev–Trinajstić information content (AvgIpc) is 2.38. The maximum absolute atomic E-state index is 5.97. The Labute approximate surface area is 130 Å². The van der Waals surface area contributed by atoms with E-state index in [9.17, 15) is 0 Å². The smallest absolute Gasteiger partial charge is 0.158 e. The lowest BCUT2D eigenvalue weighted by Crippen LogP contribution is -2.02. The van der Waals surface area contributed by atoms with E-state index in [-0.39, 0.29) is 0 Å².